The van der Waals surface area contributed by atoms with Gasteiger partial charge in [0.05, 0.1) is 11.6 Å². The fourth-order valence-electron chi connectivity index (χ4n) is 1.63. The first-order valence-corrected chi connectivity index (χ1v) is 7.26. The number of nitrogens with one attached hydrogen (secondary N) is 1. The first-order valence-electron chi connectivity index (χ1n) is 5.53. The van der Waals surface area contributed by atoms with E-state index >= 15 is 0 Å². The summed E-state index contributed by atoms with van der Waals surface area (Å²) < 4.78 is 6.76. The molecule has 4 heteroatoms. The molecule has 0 saturated heterocycles. The van der Waals surface area contributed by atoms with Gasteiger partial charge in [-0.3, -0.25) is 0 Å². The minimum absolute atomic E-state index is 0.210. The molecule has 0 radical (unpaired) electrons. The Bertz CT molecular complexity index is 325. The van der Waals surface area contributed by atoms with Crippen molar-refractivity contribution < 1.29 is 4.74 Å². The van der Waals surface area contributed by atoms with Crippen LogP contribution in [0.25, 0.3) is 0 Å². The average Bonchev–Trinajstić information content (AvgIpc) is 2.65. The van der Waals surface area contributed by atoms with Crippen molar-refractivity contribution in [3.8, 4) is 0 Å². The highest BCUT2D eigenvalue weighted by atomic mass is 79.9. The quantitative estimate of drug-likeness (QED) is 0.858. The van der Waals surface area contributed by atoms with Gasteiger partial charge in [0.15, 0.2) is 0 Å². The Hall–Kier alpha value is 0.1000. The summed E-state index contributed by atoms with van der Waals surface area (Å²) in [4.78, 5) is 0. The Labute approximate surface area is 111 Å². The third-order valence-electron chi connectivity index (χ3n) is 2.77. The summed E-state index contributed by atoms with van der Waals surface area (Å²) in [5.41, 5.74) is 1.07. The number of hydrogen-bond donors (Lipinski definition) is 1. The lowest BCUT2D eigenvalue weighted by Crippen LogP contribution is -2.41. The number of thiophene rings is 1. The maximum atomic E-state index is 5.60. The molecule has 0 aliphatic rings. The zero-order valence-electron chi connectivity index (χ0n) is 10.3. The number of rotatable bonds is 6. The molecule has 1 N–H and O–H groups in total. The molecule has 0 aliphatic heterocycles. The van der Waals surface area contributed by atoms with Crippen LogP contribution in [-0.2, 0) is 4.74 Å². The summed E-state index contributed by atoms with van der Waals surface area (Å²) in [6.45, 7) is 7.40. The van der Waals surface area contributed by atoms with Crippen molar-refractivity contribution in [2.24, 2.45) is 0 Å². The Morgan fingerprint density at radius 3 is 2.62 bits per heavy atom. The highest BCUT2D eigenvalue weighted by Gasteiger charge is 2.31. The Morgan fingerprint density at radius 2 is 2.19 bits per heavy atom. The molecule has 0 amide bonds. The normalized spacial score (nSPS) is 14.1. The van der Waals surface area contributed by atoms with Crippen LogP contribution in [0.4, 0.5) is 0 Å². The van der Waals surface area contributed by atoms with Crippen molar-refractivity contribution in [3.63, 3.8) is 0 Å². The van der Waals surface area contributed by atoms with E-state index in [-0.39, 0.29) is 11.6 Å². The summed E-state index contributed by atoms with van der Waals surface area (Å²) in [6, 6.07) is 0.220. The average molecular weight is 306 g/mol. The highest BCUT2D eigenvalue weighted by Crippen LogP contribution is 2.35. The summed E-state index contributed by atoms with van der Waals surface area (Å²) in [5, 5.41) is 7.85. The Balaban J connectivity index is 2.92. The first-order chi connectivity index (χ1) is 7.53. The van der Waals surface area contributed by atoms with Gasteiger partial charge in [0.1, 0.15) is 0 Å². The first kappa shape index (κ1) is 14.2. The molecule has 2 nitrogen and oxygen atoms in total. The van der Waals surface area contributed by atoms with Crippen LogP contribution in [0.5, 0.6) is 0 Å². The SMILES string of the molecule is CCCNC(c1cscc1Br)C(C)(C)OC. The summed E-state index contributed by atoms with van der Waals surface area (Å²) >= 11 is 5.31. The molecule has 0 aliphatic carbocycles. The van der Waals surface area contributed by atoms with Gasteiger partial charge in [-0.25, -0.2) is 0 Å². The van der Waals surface area contributed by atoms with Gasteiger partial charge in [-0.05, 0) is 53.7 Å². The molecular weight excluding hydrogens is 286 g/mol. The molecule has 1 atom stereocenters. The zero-order valence-corrected chi connectivity index (χ0v) is 12.7. The molecule has 1 unspecified atom stereocenters. The summed E-state index contributed by atoms with van der Waals surface area (Å²) in [7, 11) is 1.76. The van der Waals surface area contributed by atoms with Crippen LogP contribution >= 0.6 is 27.3 Å². The highest BCUT2D eigenvalue weighted by molar-refractivity contribution is 9.10. The Morgan fingerprint density at radius 1 is 1.50 bits per heavy atom. The summed E-state index contributed by atoms with van der Waals surface area (Å²) in [6.07, 6.45) is 1.12. The second kappa shape index (κ2) is 6.15. The van der Waals surface area contributed by atoms with Crippen LogP contribution in [0.1, 0.15) is 38.8 Å². The molecule has 0 fully saturated rings. The molecule has 0 spiro atoms. The third-order valence-corrected chi connectivity index (χ3v) is 4.52. The standard InChI is InChI=1S/C12H20BrNOS/c1-5-6-14-11(12(2,3)15-4)9-7-16-8-10(9)13/h7-8,11,14H,5-6H2,1-4H3. The van der Waals surface area contributed by atoms with Crippen molar-refractivity contribution >= 4 is 27.3 Å². The van der Waals surface area contributed by atoms with E-state index in [0.29, 0.717) is 0 Å². The van der Waals surface area contributed by atoms with E-state index in [1.54, 1.807) is 18.4 Å². The molecule has 1 heterocycles. The van der Waals surface area contributed by atoms with Gasteiger partial charge in [0, 0.05) is 17.0 Å². The van der Waals surface area contributed by atoms with Gasteiger partial charge in [-0.1, -0.05) is 6.92 Å². The lowest BCUT2D eigenvalue weighted by Gasteiger charge is -2.34. The topological polar surface area (TPSA) is 21.3 Å². The van der Waals surface area contributed by atoms with E-state index in [1.807, 2.05) is 0 Å². The molecule has 16 heavy (non-hydrogen) atoms. The molecule has 0 saturated carbocycles. The van der Waals surface area contributed by atoms with Gasteiger partial charge in [-0.2, -0.15) is 11.3 Å². The predicted octanol–water partition coefficient (Wildman–Crippen LogP) is 3.98. The molecule has 1 aromatic heterocycles. The fourth-order valence-corrected chi connectivity index (χ4v) is 3.19. The van der Waals surface area contributed by atoms with Gasteiger partial charge >= 0.3 is 0 Å². The number of halogens is 1. The van der Waals surface area contributed by atoms with Crippen molar-refractivity contribution in [1.29, 1.82) is 0 Å². The van der Waals surface area contributed by atoms with E-state index in [4.69, 9.17) is 4.74 Å². The van der Waals surface area contributed by atoms with Crippen LogP contribution in [0.3, 0.4) is 0 Å². The number of methoxy groups -OCH3 is 1. The fraction of sp³-hybridized carbons (Fsp3) is 0.667. The van der Waals surface area contributed by atoms with Crippen LogP contribution in [0, 0.1) is 0 Å². The van der Waals surface area contributed by atoms with Crippen LogP contribution < -0.4 is 5.32 Å². The second-order valence-electron chi connectivity index (χ2n) is 4.37. The van der Waals surface area contributed by atoms with Crippen molar-refractivity contribution in [2.45, 2.75) is 38.8 Å². The second-order valence-corrected chi connectivity index (χ2v) is 5.97. The van der Waals surface area contributed by atoms with Gasteiger partial charge in [0.2, 0.25) is 0 Å². The van der Waals surface area contributed by atoms with Crippen molar-refractivity contribution in [3.05, 3.63) is 20.8 Å². The maximum absolute atomic E-state index is 5.60. The van der Waals surface area contributed by atoms with E-state index < -0.39 is 0 Å². The lowest BCUT2D eigenvalue weighted by molar-refractivity contribution is -0.0111. The number of ether oxygens (including phenoxy) is 1. The zero-order chi connectivity index (χ0) is 12.2. The monoisotopic (exact) mass is 305 g/mol. The van der Waals surface area contributed by atoms with Gasteiger partial charge < -0.3 is 10.1 Å². The molecule has 1 aromatic rings. The minimum Gasteiger partial charge on any atom is -0.377 e. The predicted molar refractivity (Wildman–Crippen MR) is 74.1 cm³/mol. The summed E-state index contributed by atoms with van der Waals surface area (Å²) in [5.74, 6) is 0. The van der Waals surface area contributed by atoms with E-state index in [9.17, 15) is 0 Å². The molecule has 92 valence electrons. The maximum Gasteiger partial charge on any atom is 0.0817 e. The van der Waals surface area contributed by atoms with E-state index in [2.05, 4.69) is 52.8 Å². The molecular formula is C12H20BrNOS. The minimum atomic E-state index is -0.210. The lowest BCUT2D eigenvalue weighted by atomic mass is 9.93. The van der Waals surface area contributed by atoms with Crippen LogP contribution in [0.2, 0.25) is 0 Å². The molecule has 0 bridgehead atoms. The van der Waals surface area contributed by atoms with Crippen LogP contribution in [-0.4, -0.2) is 19.3 Å². The van der Waals surface area contributed by atoms with Gasteiger partial charge in [-0.15, -0.1) is 0 Å². The molecule has 1 rings (SSSR count). The molecule has 0 aromatic carbocycles. The van der Waals surface area contributed by atoms with E-state index in [0.717, 1.165) is 17.4 Å². The van der Waals surface area contributed by atoms with Gasteiger partial charge in [0.25, 0.3) is 0 Å². The third kappa shape index (κ3) is 3.29. The largest absolute Gasteiger partial charge is 0.377 e. The smallest absolute Gasteiger partial charge is 0.0817 e. The van der Waals surface area contributed by atoms with Crippen LogP contribution in [0.15, 0.2) is 15.2 Å². The number of hydrogen-bond acceptors (Lipinski definition) is 3. The van der Waals surface area contributed by atoms with Crippen molar-refractivity contribution in [1.82, 2.24) is 5.32 Å². The van der Waals surface area contributed by atoms with E-state index in [1.165, 1.54) is 5.56 Å². The van der Waals surface area contributed by atoms with Crippen molar-refractivity contribution in [2.75, 3.05) is 13.7 Å². The Kier molecular flexibility index (Phi) is 5.44.